The molecule has 22 heavy (non-hydrogen) atoms. The van der Waals surface area contributed by atoms with E-state index in [2.05, 4.69) is 36.1 Å². The van der Waals surface area contributed by atoms with Gasteiger partial charge < -0.3 is 4.90 Å². The quantitative estimate of drug-likeness (QED) is 0.834. The van der Waals surface area contributed by atoms with Crippen molar-refractivity contribution in [3.8, 4) is 0 Å². The number of aryl methyl sites for hydroxylation is 1. The molecule has 0 bridgehead atoms. The molecule has 1 aromatic rings. The molecule has 0 unspecified atom stereocenters. The van der Waals surface area contributed by atoms with Gasteiger partial charge in [-0.2, -0.15) is 0 Å². The Morgan fingerprint density at radius 2 is 1.86 bits per heavy atom. The third kappa shape index (κ3) is 3.89. The van der Waals surface area contributed by atoms with Crippen LogP contribution >= 0.6 is 0 Å². The standard InChI is InChI=1S/C19H28N2O/c1-15-5-3-4-6-18(15)14-21-11-9-16(10-12-21)13-20(2)19(22)17-7-8-17/h3-6,16-17H,7-14H2,1-2H3. The summed E-state index contributed by atoms with van der Waals surface area (Å²) >= 11 is 0. The van der Waals surface area contributed by atoms with Gasteiger partial charge in [0, 0.05) is 26.1 Å². The van der Waals surface area contributed by atoms with E-state index in [9.17, 15) is 4.79 Å². The van der Waals surface area contributed by atoms with Gasteiger partial charge in [-0.05, 0) is 62.7 Å². The van der Waals surface area contributed by atoms with E-state index in [0.29, 0.717) is 17.7 Å². The molecule has 1 heterocycles. The van der Waals surface area contributed by atoms with Gasteiger partial charge in [0.2, 0.25) is 5.91 Å². The number of nitrogens with zero attached hydrogens (tertiary/aromatic N) is 2. The van der Waals surface area contributed by atoms with E-state index < -0.39 is 0 Å². The second-order valence-corrected chi connectivity index (χ2v) is 7.14. The summed E-state index contributed by atoms with van der Waals surface area (Å²) in [6.07, 6.45) is 4.65. The maximum Gasteiger partial charge on any atom is 0.225 e. The Morgan fingerprint density at radius 1 is 1.18 bits per heavy atom. The number of rotatable bonds is 5. The van der Waals surface area contributed by atoms with Gasteiger partial charge in [0.25, 0.3) is 0 Å². The maximum atomic E-state index is 12.0. The Hall–Kier alpha value is -1.35. The number of carbonyl (C=O) groups excluding carboxylic acids is 1. The summed E-state index contributed by atoms with van der Waals surface area (Å²) in [5.41, 5.74) is 2.83. The van der Waals surface area contributed by atoms with Crippen molar-refractivity contribution in [2.45, 2.75) is 39.2 Å². The molecule has 1 aromatic carbocycles. The van der Waals surface area contributed by atoms with Crippen molar-refractivity contribution >= 4 is 5.91 Å². The molecule has 2 fully saturated rings. The lowest BCUT2D eigenvalue weighted by atomic mass is 9.95. The Balaban J connectivity index is 1.44. The molecule has 3 heteroatoms. The highest BCUT2D eigenvalue weighted by molar-refractivity contribution is 5.80. The first-order valence-electron chi connectivity index (χ1n) is 8.65. The fraction of sp³-hybridized carbons (Fsp3) is 0.632. The molecule has 1 amide bonds. The SMILES string of the molecule is Cc1ccccc1CN1CCC(CN(C)C(=O)C2CC2)CC1. The highest BCUT2D eigenvalue weighted by Gasteiger charge is 2.33. The Bertz CT molecular complexity index is 516. The summed E-state index contributed by atoms with van der Waals surface area (Å²) in [6.45, 7) is 6.53. The number of hydrogen-bond acceptors (Lipinski definition) is 2. The fourth-order valence-corrected chi connectivity index (χ4v) is 3.47. The predicted molar refractivity (Wildman–Crippen MR) is 89.5 cm³/mol. The Kier molecular flexibility index (Phi) is 4.82. The van der Waals surface area contributed by atoms with Gasteiger partial charge >= 0.3 is 0 Å². The minimum absolute atomic E-state index is 0.353. The molecule has 0 spiro atoms. The first-order chi connectivity index (χ1) is 10.6. The molecular formula is C19H28N2O. The summed E-state index contributed by atoms with van der Waals surface area (Å²) < 4.78 is 0. The van der Waals surface area contributed by atoms with Crippen LogP contribution in [0.1, 0.15) is 36.8 Å². The van der Waals surface area contributed by atoms with Crippen LogP contribution in [0, 0.1) is 18.8 Å². The second-order valence-electron chi connectivity index (χ2n) is 7.14. The van der Waals surface area contributed by atoms with E-state index >= 15 is 0 Å². The maximum absolute atomic E-state index is 12.0. The molecule has 120 valence electrons. The molecule has 1 saturated carbocycles. The molecule has 1 aliphatic carbocycles. The first kappa shape index (κ1) is 15.5. The lowest BCUT2D eigenvalue weighted by Gasteiger charge is -2.34. The molecule has 0 radical (unpaired) electrons. The van der Waals surface area contributed by atoms with Crippen LogP contribution in [0.2, 0.25) is 0 Å². The summed E-state index contributed by atoms with van der Waals surface area (Å²) in [6, 6.07) is 8.68. The van der Waals surface area contributed by atoms with Crippen LogP contribution in [0.25, 0.3) is 0 Å². The van der Waals surface area contributed by atoms with Gasteiger partial charge in [-0.25, -0.2) is 0 Å². The average Bonchev–Trinajstić information content (AvgIpc) is 3.35. The normalized spacial score (nSPS) is 20.1. The topological polar surface area (TPSA) is 23.6 Å². The first-order valence-corrected chi connectivity index (χ1v) is 8.65. The zero-order chi connectivity index (χ0) is 15.5. The molecule has 1 saturated heterocycles. The van der Waals surface area contributed by atoms with Gasteiger partial charge in [0.15, 0.2) is 0 Å². The van der Waals surface area contributed by atoms with Crippen LogP contribution < -0.4 is 0 Å². The number of likely N-dealkylation sites (tertiary alicyclic amines) is 1. The molecular weight excluding hydrogens is 272 g/mol. The van der Waals surface area contributed by atoms with Crippen molar-refractivity contribution in [1.82, 2.24) is 9.80 Å². The van der Waals surface area contributed by atoms with E-state index in [1.54, 1.807) is 0 Å². The highest BCUT2D eigenvalue weighted by Crippen LogP contribution is 2.31. The largest absolute Gasteiger partial charge is 0.345 e. The smallest absolute Gasteiger partial charge is 0.225 e. The summed E-state index contributed by atoms with van der Waals surface area (Å²) in [5.74, 6) is 1.41. The van der Waals surface area contributed by atoms with Crippen LogP contribution in [0.15, 0.2) is 24.3 Å². The fourth-order valence-electron chi connectivity index (χ4n) is 3.47. The molecule has 0 atom stereocenters. The van der Waals surface area contributed by atoms with Crippen molar-refractivity contribution in [1.29, 1.82) is 0 Å². The number of piperidine rings is 1. The van der Waals surface area contributed by atoms with Gasteiger partial charge in [-0.15, -0.1) is 0 Å². The van der Waals surface area contributed by atoms with Gasteiger partial charge in [0.1, 0.15) is 0 Å². The third-order valence-corrected chi connectivity index (χ3v) is 5.20. The molecule has 0 N–H and O–H groups in total. The van der Waals surface area contributed by atoms with Crippen LogP contribution in [0.5, 0.6) is 0 Å². The second kappa shape index (κ2) is 6.82. The van der Waals surface area contributed by atoms with Crippen molar-refractivity contribution in [3.05, 3.63) is 35.4 Å². The lowest BCUT2D eigenvalue weighted by Crippen LogP contribution is -2.39. The lowest BCUT2D eigenvalue weighted by molar-refractivity contribution is -0.132. The monoisotopic (exact) mass is 300 g/mol. The van der Waals surface area contributed by atoms with E-state index in [1.807, 2.05) is 11.9 Å². The van der Waals surface area contributed by atoms with E-state index in [4.69, 9.17) is 0 Å². The van der Waals surface area contributed by atoms with Crippen LogP contribution in [0.3, 0.4) is 0 Å². The number of carbonyl (C=O) groups is 1. The van der Waals surface area contributed by atoms with Gasteiger partial charge in [0.05, 0.1) is 0 Å². The van der Waals surface area contributed by atoms with E-state index in [1.165, 1.54) is 24.0 Å². The van der Waals surface area contributed by atoms with Crippen molar-refractivity contribution in [3.63, 3.8) is 0 Å². The Labute approximate surface area is 134 Å². The van der Waals surface area contributed by atoms with Crippen molar-refractivity contribution < 1.29 is 4.79 Å². The van der Waals surface area contributed by atoms with Crippen LogP contribution in [0.4, 0.5) is 0 Å². The summed E-state index contributed by atoms with van der Waals surface area (Å²) in [4.78, 5) is 16.6. The van der Waals surface area contributed by atoms with E-state index in [-0.39, 0.29) is 0 Å². The summed E-state index contributed by atoms with van der Waals surface area (Å²) in [7, 11) is 1.99. The third-order valence-electron chi connectivity index (χ3n) is 5.20. The summed E-state index contributed by atoms with van der Waals surface area (Å²) in [5, 5.41) is 0. The Morgan fingerprint density at radius 3 is 2.50 bits per heavy atom. The molecule has 2 aliphatic rings. The number of amides is 1. The molecule has 3 rings (SSSR count). The molecule has 1 aliphatic heterocycles. The zero-order valence-corrected chi connectivity index (χ0v) is 13.9. The van der Waals surface area contributed by atoms with Crippen molar-refractivity contribution in [2.24, 2.45) is 11.8 Å². The molecule has 3 nitrogen and oxygen atoms in total. The zero-order valence-electron chi connectivity index (χ0n) is 13.9. The minimum Gasteiger partial charge on any atom is -0.345 e. The van der Waals surface area contributed by atoms with Crippen molar-refractivity contribution in [2.75, 3.05) is 26.7 Å². The number of benzene rings is 1. The van der Waals surface area contributed by atoms with Gasteiger partial charge in [-0.3, -0.25) is 9.69 Å². The number of hydrogen-bond donors (Lipinski definition) is 0. The average molecular weight is 300 g/mol. The minimum atomic E-state index is 0.353. The predicted octanol–water partition coefficient (Wildman–Crippen LogP) is 3.08. The van der Waals surface area contributed by atoms with Crippen LogP contribution in [-0.2, 0) is 11.3 Å². The van der Waals surface area contributed by atoms with E-state index in [0.717, 1.165) is 39.0 Å². The van der Waals surface area contributed by atoms with Gasteiger partial charge in [-0.1, -0.05) is 24.3 Å². The molecule has 0 aromatic heterocycles. The van der Waals surface area contributed by atoms with Crippen LogP contribution in [-0.4, -0.2) is 42.4 Å². The highest BCUT2D eigenvalue weighted by atomic mass is 16.2.